The van der Waals surface area contributed by atoms with Crippen LogP contribution in [0, 0.1) is 13.8 Å². The fourth-order valence-corrected chi connectivity index (χ4v) is 5.72. The monoisotopic (exact) mass is 612 g/mol. The second-order valence-electron chi connectivity index (χ2n) is 11.0. The van der Waals surface area contributed by atoms with Crippen LogP contribution in [0.5, 0.6) is 11.5 Å². The molecule has 0 amide bonds. The normalized spacial score (nSPS) is 12.0. The van der Waals surface area contributed by atoms with Gasteiger partial charge in [0.25, 0.3) is 0 Å². The third-order valence-electron chi connectivity index (χ3n) is 7.30. The fraction of sp³-hybridized carbons (Fsp3) is 0.257. The van der Waals surface area contributed by atoms with E-state index in [2.05, 4.69) is 30.0 Å². The molecule has 0 aliphatic rings. The Balaban J connectivity index is 1.42. The van der Waals surface area contributed by atoms with E-state index < -0.39 is 12.0 Å². The Hall–Kier alpha value is -4.44. The van der Waals surface area contributed by atoms with Crippen molar-refractivity contribution in [2.75, 3.05) is 6.54 Å². The second kappa shape index (κ2) is 14.4. The van der Waals surface area contributed by atoms with Crippen LogP contribution in [0.1, 0.15) is 39.8 Å². The van der Waals surface area contributed by atoms with E-state index in [1.165, 1.54) is 5.56 Å². The number of aliphatic carboxylic acids is 1. The fourth-order valence-electron chi connectivity index (χ4n) is 5.04. The van der Waals surface area contributed by atoms with Crippen molar-refractivity contribution in [1.82, 2.24) is 4.90 Å². The zero-order valence-corrected chi connectivity index (χ0v) is 25.6. The molecule has 0 aliphatic carbocycles. The Morgan fingerprint density at radius 2 is 1.50 bits per heavy atom. The molecule has 4 aromatic carbocycles. The summed E-state index contributed by atoms with van der Waals surface area (Å²) in [6.45, 7) is 6.14. The third-order valence-corrected chi connectivity index (χ3v) is 8.09. The standard InChI is InChI=1S/C35H36N2O6S/c1-23-7-5-9-25(15-23)21-41-30-12-4-3-11-27(30)19-37(14-13-29(36)34(38)39)20-28-17-32-33(44-35(40)43-32)18-31(28)42-22-26-10-6-8-24(2)16-26/h3-12,15-18,29H,13-14,19-22,36H2,1-2H3,(H,38,39)/t29-/m0/s1. The van der Waals surface area contributed by atoms with Crippen molar-refractivity contribution in [2.45, 2.75) is 52.6 Å². The molecule has 5 rings (SSSR count). The summed E-state index contributed by atoms with van der Waals surface area (Å²) >= 11 is 1.03. The minimum absolute atomic E-state index is 0.247. The first-order valence-electron chi connectivity index (χ1n) is 14.5. The molecule has 1 atom stereocenters. The highest BCUT2D eigenvalue weighted by Crippen LogP contribution is 2.31. The molecular formula is C35H36N2O6S. The van der Waals surface area contributed by atoms with Gasteiger partial charge < -0.3 is 24.7 Å². The Morgan fingerprint density at radius 1 is 0.864 bits per heavy atom. The van der Waals surface area contributed by atoms with Crippen LogP contribution in [0.4, 0.5) is 0 Å². The van der Waals surface area contributed by atoms with Crippen molar-refractivity contribution in [1.29, 1.82) is 0 Å². The maximum Gasteiger partial charge on any atom is 0.396 e. The highest BCUT2D eigenvalue weighted by Gasteiger charge is 2.19. The molecule has 44 heavy (non-hydrogen) atoms. The van der Waals surface area contributed by atoms with Crippen molar-refractivity contribution in [3.8, 4) is 11.5 Å². The zero-order valence-electron chi connectivity index (χ0n) is 24.8. The van der Waals surface area contributed by atoms with Gasteiger partial charge in [-0.3, -0.25) is 9.69 Å². The smallest absolute Gasteiger partial charge is 0.396 e. The predicted octanol–water partition coefficient (Wildman–Crippen LogP) is 6.43. The molecule has 0 radical (unpaired) electrons. The molecule has 1 heterocycles. The van der Waals surface area contributed by atoms with Crippen molar-refractivity contribution in [3.63, 3.8) is 0 Å². The van der Waals surface area contributed by atoms with Gasteiger partial charge in [-0.05, 0) is 43.5 Å². The number of nitrogens with zero attached hydrogens (tertiary/aromatic N) is 1. The van der Waals surface area contributed by atoms with Gasteiger partial charge in [-0.25, -0.2) is 4.79 Å². The van der Waals surface area contributed by atoms with E-state index in [1.807, 2.05) is 73.7 Å². The summed E-state index contributed by atoms with van der Waals surface area (Å²) in [4.78, 5) is 25.3. The maximum atomic E-state index is 12.1. The molecular weight excluding hydrogens is 576 g/mol. The van der Waals surface area contributed by atoms with E-state index in [9.17, 15) is 14.7 Å². The molecule has 0 bridgehead atoms. The average molecular weight is 613 g/mol. The Labute approximate surface area is 260 Å². The van der Waals surface area contributed by atoms with E-state index in [4.69, 9.17) is 19.6 Å². The molecule has 228 valence electrons. The molecule has 5 aromatic rings. The summed E-state index contributed by atoms with van der Waals surface area (Å²) in [5.74, 6) is 0.333. The highest BCUT2D eigenvalue weighted by molar-refractivity contribution is 7.16. The molecule has 1 aromatic heterocycles. The van der Waals surface area contributed by atoms with E-state index in [1.54, 1.807) is 0 Å². The number of benzene rings is 4. The summed E-state index contributed by atoms with van der Waals surface area (Å²) in [7, 11) is 0. The number of aryl methyl sites for hydroxylation is 2. The van der Waals surface area contributed by atoms with Gasteiger partial charge in [0.2, 0.25) is 0 Å². The van der Waals surface area contributed by atoms with Crippen molar-refractivity contribution < 1.29 is 23.8 Å². The summed E-state index contributed by atoms with van der Waals surface area (Å²) in [6, 6.07) is 26.8. The van der Waals surface area contributed by atoms with Gasteiger partial charge in [-0.1, -0.05) is 89.2 Å². The van der Waals surface area contributed by atoms with Gasteiger partial charge in [-0.15, -0.1) is 0 Å². The Kier molecular flexibility index (Phi) is 10.1. The lowest BCUT2D eigenvalue weighted by molar-refractivity contribution is -0.138. The maximum absolute atomic E-state index is 12.1. The minimum atomic E-state index is -1.05. The van der Waals surface area contributed by atoms with E-state index in [0.29, 0.717) is 48.9 Å². The first-order valence-corrected chi connectivity index (χ1v) is 15.3. The molecule has 9 heteroatoms. The molecule has 0 saturated carbocycles. The van der Waals surface area contributed by atoms with Crippen molar-refractivity contribution >= 4 is 27.6 Å². The van der Waals surface area contributed by atoms with Crippen LogP contribution in [-0.4, -0.2) is 28.6 Å². The topological polar surface area (TPSA) is 115 Å². The SMILES string of the molecule is Cc1cccc(COc2ccccc2CN(CC[C@H](N)C(=O)O)Cc2cc3oc(=O)sc3cc2OCc2cccc(C)c2)c1. The number of ether oxygens (including phenoxy) is 2. The molecule has 0 unspecified atom stereocenters. The van der Waals surface area contributed by atoms with Crippen LogP contribution >= 0.6 is 11.3 Å². The van der Waals surface area contributed by atoms with Gasteiger partial charge in [-0.2, -0.15) is 0 Å². The molecule has 0 fully saturated rings. The van der Waals surface area contributed by atoms with Crippen LogP contribution in [-0.2, 0) is 31.1 Å². The second-order valence-corrected chi connectivity index (χ2v) is 11.9. The lowest BCUT2D eigenvalue weighted by atomic mass is 10.1. The number of nitrogens with two attached hydrogens (primary N) is 1. The van der Waals surface area contributed by atoms with Gasteiger partial charge in [0, 0.05) is 36.8 Å². The van der Waals surface area contributed by atoms with Crippen LogP contribution in [0.2, 0.25) is 0 Å². The van der Waals surface area contributed by atoms with Gasteiger partial charge in [0.15, 0.2) is 0 Å². The van der Waals surface area contributed by atoms with Crippen LogP contribution < -0.4 is 20.1 Å². The summed E-state index contributed by atoms with van der Waals surface area (Å²) in [5.41, 5.74) is 12.6. The molecule has 0 aliphatic heterocycles. The number of carboxylic acid groups (broad SMARTS) is 1. The largest absolute Gasteiger partial charge is 0.489 e. The zero-order chi connectivity index (χ0) is 31.1. The van der Waals surface area contributed by atoms with Gasteiger partial charge in [0.1, 0.15) is 36.3 Å². The minimum Gasteiger partial charge on any atom is -0.489 e. The predicted molar refractivity (Wildman–Crippen MR) is 172 cm³/mol. The van der Waals surface area contributed by atoms with E-state index >= 15 is 0 Å². The number of hydrogen-bond acceptors (Lipinski definition) is 8. The van der Waals surface area contributed by atoms with Gasteiger partial charge in [0.05, 0.1) is 4.70 Å². The lowest BCUT2D eigenvalue weighted by Crippen LogP contribution is -2.35. The van der Waals surface area contributed by atoms with Crippen molar-refractivity contribution in [2.24, 2.45) is 5.73 Å². The summed E-state index contributed by atoms with van der Waals surface area (Å²) in [6.07, 6.45) is 0.247. The van der Waals surface area contributed by atoms with E-state index in [-0.39, 0.29) is 11.4 Å². The quantitative estimate of drug-likeness (QED) is 0.147. The van der Waals surface area contributed by atoms with Crippen molar-refractivity contribution in [3.05, 3.63) is 128 Å². The number of para-hydroxylation sites is 1. The lowest BCUT2D eigenvalue weighted by Gasteiger charge is -2.25. The number of hydrogen-bond donors (Lipinski definition) is 2. The highest BCUT2D eigenvalue weighted by atomic mass is 32.1. The Bertz CT molecular complexity index is 1800. The number of carbonyl (C=O) groups is 1. The number of fused-ring (bicyclic) bond motifs is 1. The van der Waals surface area contributed by atoms with E-state index in [0.717, 1.165) is 44.9 Å². The average Bonchev–Trinajstić information content (AvgIpc) is 3.36. The summed E-state index contributed by atoms with van der Waals surface area (Å²) in [5, 5.41) is 9.45. The van der Waals surface area contributed by atoms with Crippen LogP contribution in [0.15, 0.2) is 94.1 Å². The molecule has 8 nitrogen and oxygen atoms in total. The third kappa shape index (κ3) is 8.35. The van der Waals surface area contributed by atoms with Gasteiger partial charge >= 0.3 is 10.9 Å². The van der Waals surface area contributed by atoms with Crippen LogP contribution in [0.25, 0.3) is 10.3 Å². The number of rotatable bonds is 14. The first-order chi connectivity index (χ1) is 21.2. The molecule has 0 saturated heterocycles. The molecule has 0 spiro atoms. The first kappa shape index (κ1) is 31.0. The Morgan fingerprint density at radius 3 is 2.16 bits per heavy atom. The molecule has 3 N–H and O–H groups in total. The summed E-state index contributed by atoms with van der Waals surface area (Å²) < 4.78 is 18.7. The number of carboxylic acids is 1. The van der Waals surface area contributed by atoms with Crippen LogP contribution in [0.3, 0.4) is 0 Å².